The molecule has 2 unspecified atom stereocenters. The van der Waals surface area contributed by atoms with Gasteiger partial charge in [0.25, 0.3) is 0 Å². The zero-order valence-electron chi connectivity index (χ0n) is 15.4. The van der Waals surface area contributed by atoms with Crippen molar-refractivity contribution in [1.82, 2.24) is 4.90 Å². The summed E-state index contributed by atoms with van der Waals surface area (Å²) in [5, 5.41) is 2.82. The minimum atomic E-state index is -0.236. The molecule has 3 amide bonds. The van der Waals surface area contributed by atoms with Crippen LogP contribution in [0.25, 0.3) is 0 Å². The molecule has 0 bridgehead atoms. The molecule has 3 rings (SSSR count). The van der Waals surface area contributed by atoms with Crippen LogP contribution in [-0.2, 0) is 14.4 Å². The average molecular weight is 358 g/mol. The summed E-state index contributed by atoms with van der Waals surface area (Å²) in [5.74, 6) is -0.165. The average Bonchev–Trinajstić information content (AvgIpc) is 2.86. The Hall–Kier alpha value is -2.37. The summed E-state index contributed by atoms with van der Waals surface area (Å²) in [6, 6.07) is 7.24. The molecule has 1 aliphatic heterocycles. The molecule has 1 saturated carbocycles. The Morgan fingerprint density at radius 1 is 1.15 bits per heavy atom. The van der Waals surface area contributed by atoms with Crippen LogP contribution in [0.15, 0.2) is 24.3 Å². The summed E-state index contributed by atoms with van der Waals surface area (Å²) in [5.41, 5.74) is 0.596. The third-order valence-corrected chi connectivity index (χ3v) is 5.02. The Morgan fingerprint density at radius 2 is 1.77 bits per heavy atom. The SMILES string of the molecule is CC(C)Oc1ccccc1NC(=O)CCN1C(=O)C2CCCCC2C1=O. The topological polar surface area (TPSA) is 75.7 Å². The minimum absolute atomic E-state index is 0.00348. The third-order valence-electron chi connectivity index (χ3n) is 5.02. The monoisotopic (exact) mass is 358 g/mol. The highest BCUT2D eigenvalue weighted by Gasteiger charge is 2.47. The summed E-state index contributed by atoms with van der Waals surface area (Å²) in [6.07, 6.45) is 3.67. The molecule has 0 aromatic heterocycles. The van der Waals surface area contributed by atoms with Gasteiger partial charge in [0.2, 0.25) is 17.7 Å². The smallest absolute Gasteiger partial charge is 0.233 e. The second-order valence-electron chi connectivity index (χ2n) is 7.29. The quantitative estimate of drug-likeness (QED) is 0.793. The van der Waals surface area contributed by atoms with Crippen molar-refractivity contribution in [1.29, 1.82) is 0 Å². The van der Waals surface area contributed by atoms with Gasteiger partial charge in [0.15, 0.2) is 0 Å². The van der Waals surface area contributed by atoms with Gasteiger partial charge in [0.05, 0.1) is 23.6 Å². The Morgan fingerprint density at radius 3 is 2.38 bits per heavy atom. The summed E-state index contributed by atoms with van der Waals surface area (Å²) >= 11 is 0. The van der Waals surface area contributed by atoms with Gasteiger partial charge >= 0.3 is 0 Å². The molecule has 1 N–H and O–H groups in total. The van der Waals surface area contributed by atoms with Crippen LogP contribution in [0.3, 0.4) is 0 Å². The molecule has 1 heterocycles. The second kappa shape index (κ2) is 7.89. The highest BCUT2D eigenvalue weighted by molar-refractivity contribution is 6.05. The number of anilines is 1. The first-order valence-electron chi connectivity index (χ1n) is 9.38. The molecule has 6 nitrogen and oxygen atoms in total. The lowest BCUT2D eigenvalue weighted by Crippen LogP contribution is -2.34. The van der Waals surface area contributed by atoms with Gasteiger partial charge in [-0.15, -0.1) is 0 Å². The summed E-state index contributed by atoms with van der Waals surface area (Å²) in [6.45, 7) is 3.98. The summed E-state index contributed by atoms with van der Waals surface area (Å²) in [4.78, 5) is 38.5. The van der Waals surface area contributed by atoms with Crippen molar-refractivity contribution in [3.05, 3.63) is 24.3 Å². The van der Waals surface area contributed by atoms with Crippen LogP contribution in [0.4, 0.5) is 5.69 Å². The molecule has 2 fully saturated rings. The number of likely N-dealkylation sites (tertiary alicyclic amines) is 1. The van der Waals surface area contributed by atoms with E-state index in [4.69, 9.17) is 4.74 Å². The lowest BCUT2D eigenvalue weighted by atomic mass is 9.81. The maximum atomic E-state index is 12.4. The molecule has 0 radical (unpaired) electrons. The maximum absolute atomic E-state index is 12.4. The number of ether oxygens (including phenoxy) is 1. The predicted octanol–water partition coefficient (Wildman–Crippen LogP) is 2.98. The fraction of sp³-hybridized carbons (Fsp3) is 0.550. The number of nitrogens with one attached hydrogen (secondary N) is 1. The van der Waals surface area contributed by atoms with E-state index < -0.39 is 0 Å². The molecule has 2 aliphatic rings. The first kappa shape index (κ1) is 18.4. The van der Waals surface area contributed by atoms with Gasteiger partial charge in [-0.25, -0.2) is 0 Å². The van der Waals surface area contributed by atoms with E-state index in [0.29, 0.717) is 11.4 Å². The summed E-state index contributed by atoms with van der Waals surface area (Å²) < 4.78 is 5.69. The molecular formula is C20H26N2O4. The molecule has 140 valence electrons. The highest BCUT2D eigenvalue weighted by Crippen LogP contribution is 2.38. The molecule has 1 saturated heterocycles. The number of rotatable bonds is 6. The molecule has 2 atom stereocenters. The van der Waals surface area contributed by atoms with Crippen molar-refractivity contribution >= 4 is 23.4 Å². The molecule has 1 aromatic rings. The number of nitrogens with zero attached hydrogens (tertiary/aromatic N) is 1. The van der Waals surface area contributed by atoms with E-state index in [2.05, 4.69) is 5.32 Å². The predicted molar refractivity (Wildman–Crippen MR) is 97.6 cm³/mol. The first-order valence-corrected chi connectivity index (χ1v) is 9.38. The van der Waals surface area contributed by atoms with E-state index >= 15 is 0 Å². The van der Waals surface area contributed by atoms with Gasteiger partial charge in [-0.3, -0.25) is 19.3 Å². The van der Waals surface area contributed by atoms with Gasteiger partial charge in [0.1, 0.15) is 5.75 Å². The van der Waals surface area contributed by atoms with E-state index in [1.54, 1.807) is 12.1 Å². The zero-order valence-corrected chi connectivity index (χ0v) is 15.4. The van der Waals surface area contributed by atoms with Crippen LogP contribution < -0.4 is 10.1 Å². The number of carbonyl (C=O) groups excluding carboxylic acids is 3. The lowest BCUT2D eigenvalue weighted by molar-refractivity contribution is -0.140. The molecule has 1 aromatic carbocycles. The van der Waals surface area contributed by atoms with Gasteiger partial charge in [-0.2, -0.15) is 0 Å². The molecule has 6 heteroatoms. The van der Waals surface area contributed by atoms with E-state index in [0.717, 1.165) is 25.7 Å². The van der Waals surface area contributed by atoms with Crippen molar-refractivity contribution in [2.75, 3.05) is 11.9 Å². The lowest BCUT2D eigenvalue weighted by Gasteiger charge is -2.19. The van der Waals surface area contributed by atoms with Crippen molar-refractivity contribution in [2.45, 2.75) is 52.1 Å². The Labute approximate surface area is 153 Å². The van der Waals surface area contributed by atoms with Crippen LogP contribution in [-0.4, -0.2) is 35.3 Å². The standard InChI is InChI=1S/C20H26N2O4/c1-13(2)26-17-10-6-5-9-16(17)21-18(23)11-12-22-19(24)14-7-3-4-8-15(14)20(22)25/h5-6,9-10,13-15H,3-4,7-8,11-12H2,1-2H3,(H,21,23). The number of fused-ring (bicyclic) bond motifs is 1. The number of benzene rings is 1. The Balaban J connectivity index is 1.58. The van der Waals surface area contributed by atoms with E-state index in [1.165, 1.54) is 4.90 Å². The van der Waals surface area contributed by atoms with Crippen molar-refractivity contribution < 1.29 is 19.1 Å². The van der Waals surface area contributed by atoms with Crippen LogP contribution in [0.1, 0.15) is 46.0 Å². The van der Waals surface area contributed by atoms with Gasteiger partial charge in [-0.1, -0.05) is 25.0 Å². The number of amides is 3. The molecular weight excluding hydrogens is 332 g/mol. The zero-order chi connectivity index (χ0) is 18.7. The summed E-state index contributed by atoms with van der Waals surface area (Å²) in [7, 11) is 0. The largest absolute Gasteiger partial charge is 0.489 e. The fourth-order valence-electron chi connectivity index (χ4n) is 3.80. The number of hydrogen-bond acceptors (Lipinski definition) is 4. The van der Waals surface area contributed by atoms with Crippen molar-refractivity contribution in [3.8, 4) is 5.75 Å². The maximum Gasteiger partial charge on any atom is 0.233 e. The van der Waals surface area contributed by atoms with Crippen LogP contribution in [0, 0.1) is 11.8 Å². The van der Waals surface area contributed by atoms with Crippen LogP contribution in [0.5, 0.6) is 5.75 Å². The number of carbonyl (C=O) groups is 3. The van der Waals surface area contributed by atoms with Crippen LogP contribution in [0.2, 0.25) is 0 Å². The molecule has 1 aliphatic carbocycles. The third kappa shape index (κ3) is 3.89. The number of imide groups is 1. The normalized spacial score (nSPS) is 22.5. The van der Waals surface area contributed by atoms with Gasteiger partial charge < -0.3 is 10.1 Å². The number of hydrogen-bond donors (Lipinski definition) is 1. The van der Waals surface area contributed by atoms with Gasteiger partial charge in [0, 0.05) is 13.0 Å². The van der Waals surface area contributed by atoms with E-state index in [9.17, 15) is 14.4 Å². The molecule has 0 spiro atoms. The van der Waals surface area contributed by atoms with Crippen LogP contribution >= 0.6 is 0 Å². The van der Waals surface area contributed by atoms with Gasteiger partial charge in [-0.05, 0) is 38.8 Å². The highest BCUT2D eigenvalue weighted by atomic mass is 16.5. The minimum Gasteiger partial charge on any atom is -0.489 e. The van der Waals surface area contributed by atoms with Crippen molar-refractivity contribution in [3.63, 3.8) is 0 Å². The fourth-order valence-corrected chi connectivity index (χ4v) is 3.80. The Kier molecular flexibility index (Phi) is 5.59. The second-order valence-corrected chi connectivity index (χ2v) is 7.29. The Bertz CT molecular complexity index is 677. The first-order chi connectivity index (χ1) is 12.5. The molecule has 26 heavy (non-hydrogen) atoms. The van der Waals surface area contributed by atoms with Crippen molar-refractivity contribution in [2.24, 2.45) is 11.8 Å². The van der Waals surface area contributed by atoms with E-state index in [-0.39, 0.29) is 48.6 Å². The van der Waals surface area contributed by atoms with E-state index in [1.807, 2.05) is 26.0 Å². The number of para-hydroxylation sites is 2.